The standard InChI is InChI=1S/C30H40O2/c1-8-9-10-11-12-24-18-26-27(30(6,7)21(3)29(26,4)5)19-25(24)20(2)17-22-13-15-23(16-14-22)28(31)32/h13-19,21H,8-12H2,1-7H3,(H,31,32). The summed E-state index contributed by atoms with van der Waals surface area (Å²) in [5.41, 5.74) is 8.71. The van der Waals surface area contributed by atoms with Gasteiger partial charge in [-0.3, -0.25) is 0 Å². The Morgan fingerprint density at radius 2 is 1.56 bits per heavy atom. The predicted octanol–water partition coefficient (Wildman–Crippen LogP) is 8.27. The zero-order valence-corrected chi connectivity index (χ0v) is 21.0. The molecule has 3 rings (SSSR count). The van der Waals surface area contributed by atoms with Crippen molar-refractivity contribution in [1.82, 2.24) is 0 Å². The summed E-state index contributed by atoms with van der Waals surface area (Å²) in [5.74, 6) is -0.315. The van der Waals surface area contributed by atoms with Crippen LogP contribution in [0.15, 0.2) is 36.4 Å². The lowest BCUT2D eigenvalue weighted by Gasteiger charge is -2.32. The number of allylic oxidation sites excluding steroid dienone is 1. The van der Waals surface area contributed by atoms with Crippen LogP contribution in [0, 0.1) is 5.92 Å². The van der Waals surface area contributed by atoms with Crippen molar-refractivity contribution in [3.05, 3.63) is 69.8 Å². The van der Waals surface area contributed by atoms with Gasteiger partial charge < -0.3 is 5.11 Å². The molecule has 0 radical (unpaired) electrons. The highest BCUT2D eigenvalue weighted by Gasteiger charge is 2.48. The summed E-state index contributed by atoms with van der Waals surface area (Å²) in [6.07, 6.45) is 8.34. The fourth-order valence-corrected chi connectivity index (χ4v) is 5.45. The van der Waals surface area contributed by atoms with Crippen molar-refractivity contribution in [2.45, 2.75) is 91.4 Å². The highest BCUT2D eigenvalue weighted by Crippen LogP contribution is 2.54. The number of carboxylic acids is 1. The average molecular weight is 433 g/mol. The van der Waals surface area contributed by atoms with Crippen molar-refractivity contribution in [2.24, 2.45) is 5.92 Å². The minimum absolute atomic E-state index is 0.137. The Morgan fingerprint density at radius 1 is 0.969 bits per heavy atom. The Balaban J connectivity index is 2.06. The Kier molecular flexibility index (Phi) is 7.03. The molecule has 2 aromatic carbocycles. The van der Waals surface area contributed by atoms with Crippen LogP contribution >= 0.6 is 0 Å². The quantitative estimate of drug-likeness (QED) is 0.336. The topological polar surface area (TPSA) is 37.3 Å². The molecule has 2 heteroatoms. The Hall–Kier alpha value is -2.35. The van der Waals surface area contributed by atoms with Crippen LogP contribution in [-0.2, 0) is 17.3 Å². The monoisotopic (exact) mass is 432 g/mol. The molecule has 0 bridgehead atoms. The summed E-state index contributed by atoms with van der Waals surface area (Å²) in [6.45, 7) is 16.4. The second kappa shape index (κ2) is 9.25. The molecule has 0 fully saturated rings. The van der Waals surface area contributed by atoms with E-state index in [2.05, 4.69) is 66.7 Å². The van der Waals surface area contributed by atoms with E-state index in [1.165, 1.54) is 53.5 Å². The Morgan fingerprint density at radius 3 is 2.12 bits per heavy atom. The maximum absolute atomic E-state index is 11.2. The van der Waals surface area contributed by atoms with Gasteiger partial charge in [0.2, 0.25) is 0 Å². The average Bonchev–Trinajstić information content (AvgIpc) is 2.88. The van der Waals surface area contributed by atoms with E-state index in [1.807, 2.05) is 12.1 Å². The molecule has 0 saturated carbocycles. The first-order chi connectivity index (χ1) is 15.0. The number of benzene rings is 2. The van der Waals surface area contributed by atoms with E-state index < -0.39 is 5.97 Å². The van der Waals surface area contributed by atoms with Crippen LogP contribution in [0.25, 0.3) is 11.6 Å². The van der Waals surface area contributed by atoms with Gasteiger partial charge in [0.05, 0.1) is 5.56 Å². The fourth-order valence-electron chi connectivity index (χ4n) is 5.45. The first-order valence-corrected chi connectivity index (χ1v) is 12.2. The normalized spacial score (nSPS) is 19.1. The molecule has 1 aliphatic carbocycles. The van der Waals surface area contributed by atoms with Crippen molar-refractivity contribution in [3.63, 3.8) is 0 Å². The molecule has 1 aliphatic rings. The molecule has 0 aromatic heterocycles. The second-order valence-corrected chi connectivity index (χ2v) is 10.8. The summed E-state index contributed by atoms with van der Waals surface area (Å²) >= 11 is 0. The molecule has 172 valence electrons. The van der Waals surface area contributed by atoms with E-state index in [1.54, 1.807) is 12.1 Å². The molecule has 1 unspecified atom stereocenters. The van der Waals surface area contributed by atoms with Gasteiger partial charge in [-0.1, -0.05) is 91.1 Å². The van der Waals surface area contributed by atoms with Crippen LogP contribution < -0.4 is 0 Å². The molecule has 1 atom stereocenters. The van der Waals surface area contributed by atoms with Crippen molar-refractivity contribution >= 4 is 17.6 Å². The van der Waals surface area contributed by atoms with Crippen molar-refractivity contribution in [1.29, 1.82) is 0 Å². The first-order valence-electron chi connectivity index (χ1n) is 12.2. The molecular weight excluding hydrogens is 392 g/mol. The number of fused-ring (bicyclic) bond motifs is 1. The number of hydrogen-bond acceptors (Lipinski definition) is 1. The lowest BCUT2D eigenvalue weighted by atomic mass is 9.71. The van der Waals surface area contributed by atoms with Crippen molar-refractivity contribution in [3.8, 4) is 0 Å². The van der Waals surface area contributed by atoms with Crippen LogP contribution in [0.3, 0.4) is 0 Å². The number of aryl methyl sites for hydroxylation is 1. The van der Waals surface area contributed by atoms with Gasteiger partial charge in [0.15, 0.2) is 0 Å². The maximum Gasteiger partial charge on any atom is 0.335 e. The van der Waals surface area contributed by atoms with E-state index in [4.69, 9.17) is 0 Å². The Bertz CT molecular complexity index is 1010. The van der Waals surface area contributed by atoms with Gasteiger partial charge >= 0.3 is 5.97 Å². The van der Waals surface area contributed by atoms with Crippen LogP contribution in [0.1, 0.15) is 112 Å². The van der Waals surface area contributed by atoms with Gasteiger partial charge in [0, 0.05) is 0 Å². The molecule has 1 N–H and O–H groups in total. The smallest absolute Gasteiger partial charge is 0.335 e. The number of hydrogen-bond donors (Lipinski definition) is 1. The number of rotatable bonds is 8. The van der Waals surface area contributed by atoms with Crippen molar-refractivity contribution in [2.75, 3.05) is 0 Å². The summed E-state index contributed by atoms with van der Waals surface area (Å²) in [6, 6.07) is 12.1. The molecule has 0 aliphatic heterocycles. The Labute approximate surface area is 194 Å². The second-order valence-electron chi connectivity index (χ2n) is 10.8. The van der Waals surface area contributed by atoms with Crippen molar-refractivity contribution < 1.29 is 9.90 Å². The molecule has 0 saturated heterocycles. The molecule has 0 heterocycles. The minimum atomic E-state index is -0.885. The number of carboxylic acid groups (broad SMARTS) is 1. The minimum Gasteiger partial charge on any atom is -0.478 e. The third-order valence-electron chi connectivity index (χ3n) is 8.06. The van der Waals surface area contributed by atoms with E-state index in [0.717, 1.165) is 12.0 Å². The molecule has 32 heavy (non-hydrogen) atoms. The maximum atomic E-state index is 11.2. The van der Waals surface area contributed by atoms with Crippen LogP contribution in [0.4, 0.5) is 0 Å². The van der Waals surface area contributed by atoms with Crippen LogP contribution in [0.5, 0.6) is 0 Å². The van der Waals surface area contributed by atoms with Gasteiger partial charge in [-0.2, -0.15) is 0 Å². The lowest BCUT2D eigenvalue weighted by molar-refractivity contribution is 0.0697. The summed E-state index contributed by atoms with van der Waals surface area (Å²) in [5, 5.41) is 9.18. The third-order valence-corrected chi connectivity index (χ3v) is 8.06. The molecule has 2 aromatic rings. The third kappa shape index (κ3) is 4.56. The van der Waals surface area contributed by atoms with E-state index in [-0.39, 0.29) is 10.8 Å². The largest absolute Gasteiger partial charge is 0.478 e. The number of aromatic carboxylic acids is 1. The van der Waals surface area contributed by atoms with Crippen LogP contribution in [0.2, 0.25) is 0 Å². The van der Waals surface area contributed by atoms with Gasteiger partial charge in [-0.15, -0.1) is 0 Å². The zero-order chi connectivity index (χ0) is 23.7. The van der Waals surface area contributed by atoms with Gasteiger partial charge in [-0.05, 0) is 82.0 Å². The van der Waals surface area contributed by atoms with E-state index in [0.29, 0.717) is 11.5 Å². The van der Waals surface area contributed by atoms with E-state index in [9.17, 15) is 9.90 Å². The molecule has 0 amide bonds. The van der Waals surface area contributed by atoms with Gasteiger partial charge in [0.25, 0.3) is 0 Å². The summed E-state index contributed by atoms with van der Waals surface area (Å²) in [4.78, 5) is 11.2. The predicted molar refractivity (Wildman–Crippen MR) is 136 cm³/mol. The highest BCUT2D eigenvalue weighted by molar-refractivity contribution is 5.88. The summed E-state index contributed by atoms with van der Waals surface area (Å²) in [7, 11) is 0. The zero-order valence-electron chi connectivity index (χ0n) is 21.0. The first kappa shape index (κ1) is 24.3. The summed E-state index contributed by atoms with van der Waals surface area (Å²) < 4.78 is 0. The number of unbranched alkanes of at least 4 members (excludes halogenated alkanes) is 3. The number of carbonyl (C=O) groups is 1. The van der Waals surface area contributed by atoms with E-state index >= 15 is 0 Å². The molecule has 0 spiro atoms. The molecular formula is C30H40O2. The highest BCUT2D eigenvalue weighted by atomic mass is 16.4. The molecule has 2 nitrogen and oxygen atoms in total. The van der Waals surface area contributed by atoms with Gasteiger partial charge in [-0.25, -0.2) is 4.79 Å². The lowest BCUT2D eigenvalue weighted by Crippen LogP contribution is -2.30. The van der Waals surface area contributed by atoms with Gasteiger partial charge in [0.1, 0.15) is 0 Å². The fraction of sp³-hybridized carbons (Fsp3) is 0.500. The van der Waals surface area contributed by atoms with Crippen LogP contribution in [-0.4, -0.2) is 11.1 Å². The SMILES string of the molecule is CCCCCCc1cc2c(cc1C(C)=Cc1ccc(C(=O)O)cc1)C(C)(C)C(C)C2(C)C.